The molecule has 1 aliphatic rings. The minimum absolute atomic E-state index is 0.0242. The number of aromatic nitrogens is 1. The van der Waals surface area contributed by atoms with Gasteiger partial charge < -0.3 is 16.0 Å². The number of carbonyl (C=O) groups excluding carboxylic acids is 1. The molecule has 6 heteroatoms. The fourth-order valence-corrected chi connectivity index (χ4v) is 2.86. The Morgan fingerprint density at radius 1 is 1.36 bits per heavy atom. The van der Waals surface area contributed by atoms with Gasteiger partial charge in [0.15, 0.2) is 0 Å². The van der Waals surface area contributed by atoms with Gasteiger partial charge in [-0.2, -0.15) is 0 Å². The maximum Gasteiger partial charge on any atom is 0.237 e. The van der Waals surface area contributed by atoms with Crippen molar-refractivity contribution < 1.29 is 4.79 Å². The monoisotopic (exact) mass is 318 g/mol. The zero-order valence-electron chi connectivity index (χ0n) is 12.2. The van der Waals surface area contributed by atoms with Gasteiger partial charge in [-0.25, -0.2) is 0 Å². The second-order valence-electron chi connectivity index (χ2n) is 5.39. The number of pyridine rings is 1. The molecule has 2 heterocycles. The number of benzene rings is 1. The number of nitrogens with one attached hydrogen (secondary N) is 3. The number of hydrogen-bond donors (Lipinski definition) is 3. The molecule has 0 unspecified atom stereocenters. The largest absolute Gasteiger partial charge is 0.383 e. The van der Waals surface area contributed by atoms with Gasteiger partial charge in [0, 0.05) is 35.4 Å². The van der Waals surface area contributed by atoms with Crippen LogP contribution in [0, 0.1) is 0 Å². The Morgan fingerprint density at radius 3 is 3.09 bits per heavy atom. The molecule has 3 rings (SSSR count). The van der Waals surface area contributed by atoms with Crippen LogP contribution in [-0.4, -0.2) is 36.6 Å². The van der Waals surface area contributed by atoms with Gasteiger partial charge >= 0.3 is 0 Å². The first-order valence-corrected chi connectivity index (χ1v) is 7.91. The quantitative estimate of drug-likeness (QED) is 0.739. The summed E-state index contributed by atoms with van der Waals surface area (Å²) in [5.74, 6) is 0.0886. The summed E-state index contributed by atoms with van der Waals surface area (Å²) in [6.07, 6.45) is 3.75. The minimum Gasteiger partial charge on any atom is -0.383 e. The van der Waals surface area contributed by atoms with Crippen LogP contribution in [0.4, 0.5) is 5.69 Å². The number of amides is 1. The molecular weight excluding hydrogens is 300 g/mol. The third kappa shape index (κ3) is 3.48. The third-order valence-corrected chi connectivity index (χ3v) is 4.06. The van der Waals surface area contributed by atoms with Crippen molar-refractivity contribution in [2.75, 3.05) is 25.0 Å². The Balaban J connectivity index is 1.54. The summed E-state index contributed by atoms with van der Waals surface area (Å²) in [6, 6.07) is 7.55. The molecule has 1 atom stereocenters. The maximum absolute atomic E-state index is 11.9. The van der Waals surface area contributed by atoms with Crippen LogP contribution in [0.15, 0.2) is 30.5 Å². The number of hydrogen-bond acceptors (Lipinski definition) is 4. The average Bonchev–Trinajstić information content (AvgIpc) is 3.05. The van der Waals surface area contributed by atoms with Crippen molar-refractivity contribution in [1.82, 2.24) is 15.6 Å². The lowest BCUT2D eigenvalue weighted by Gasteiger charge is -2.13. The molecule has 0 saturated carbocycles. The van der Waals surface area contributed by atoms with Gasteiger partial charge in [0.1, 0.15) is 0 Å². The normalized spacial score (nSPS) is 17.6. The molecule has 1 amide bonds. The van der Waals surface area contributed by atoms with E-state index in [0.717, 1.165) is 36.0 Å². The molecule has 0 spiro atoms. The molecule has 116 valence electrons. The van der Waals surface area contributed by atoms with Crippen LogP contribution in [0.2, 0.25) is 5.02 Å². The number of anilines is 1. The van der Waals surface area contributed by atoms with Crippen LogP contribution in [0.3, 0.4) is 0 Å². The highest BCUT2D eigenvalue weighted by Gasteiger charge is 2.21. The van der Waals surface area contributed by atoms with Crippen molar-refractivity contribution in [1.29, 1.82) is 0 Å². The van der Waals surface area contributed by atoms with E-state index in [4.69, 9.17) is 11.6 Å². The van der Waals surface area contributed by atoms with Gasteiger partial charge in [-0.1, -0.05) is 11.6 Å². The van der Waals surface area contributed by atoms with Crippen molar-refractivity contribution >= 4 is 34.1 Å². The second-order valence-corrected chi connectivity index (χ2v) is 5.82. The maximum atomic E-state index is 11.9. The Bertz CT molecular complexity index is 670. The summed E-state index contributed by atoms with van der Waals surface area (Å²) in [7, 11) is 0. The third-order valence-electron chi connectivity index (χ3n) is 3.82. The van der Waals surface area contributed by atoms with Crippen molar-refractivity contribution in [2.45, 2.75) is 18.9 Å². The molecule has 3 N–H and O–H groups in total. The lowest BCUT2D eigenvalue weighted by Crippen LogP contribution is -2.42. The fraction of sp³-hybridized carbons (Fsp3) is 0.375. The van der Waals surface area contributed by atoms with Gasteiger partial charge in [0.25, 0.3) is 0 Å². The van der Waals surface area contributed by atoms with Gasteiger partial charge in [0.05, 0.1) is 11.6 Å². The first kappa shape index (κ1) is 15.1. The lowest BCUT2D eigenvalue weighted by molar-refractivity contribution is -0.122. The van der Waals surface area contributed by atoms with Crippen LogP contribution < -0.4 is 16.0 Å². The minimum atomic E-state index is -0.0242. The van der Waals surface area contributed by atoms with E-state index in [1.165, 1.54) is 0 Å². The number of nitrogens with zero attached hydrogens (tertiary/aromatic N) is 1. The van der Waals surface area contributed by atoms with E-state index in [2.05, 4.69) is 20.9 Å². The van der Waals surface area contributed by atoms with Crippen LogP contribution in [0.5, 0.6) is 0 Å². The number of rotatable bonds is 5. The molecule has 5 nitrogen and oxygen atoms in total. The second kappa shape index (κ2) is 6.94. The molecule has 1 fully saturated rings. The zero-order chi connectivity index (χ0) is 15.4. The van der Waals surface area contributed by atoms with E-state index in [1.807, 2.05) is 24.3 Å². The zero-order valence-corrected chi connectivity index (χ0v) is 13.0. The van der Waals surface area contributed by atoms with Crippen molar-refractivity contribution in [2.24, 2.45) is 0 Å². The summed E-state index contributed by atoms with van der Waals surface area (Å²) in [5, 5.41) is 11.2. The summed E-state index contributed by atoms with van der Waals surface area (Å²) in [5.41, 5.74) is 1.85. The van der Waals surface area contributed by atoms with E-state index < -0.39 is 0 Å². The Morgan fingerprint density at radius 2 is 2.27 bits per heavy atom. The predicted octanol–water partition coefficient (Wildman–Crippen LogP) is 2.17. The number of halogens is 1. The summed E-state index contributed by atoms with van der Waals surface area (Å²) >= 11 is 5.98. The van der Waals surface area contributed by atoms with E-state index in [1.54, 1.807) is 6.20 Å². The first-order valence-electron chi connectivity index (χ1n) is 7.53. The van der Waals surface area contributed by atoms with Gasteiger partial charge in [-0.15, -0.1) is 0 Å². The van der Waals surface area contributed by atoms with Gasteiger partial charge in [-0.05, 0) is 43.7 Å². The smallest absolute Gasteiger partial charge is 0.237 e. The Kier molecular flexibility index (Phi) is 4.75. The van der Waals surface area contributed by atoms with Crippen molar-refractivity contribution in [3.05, 3.63) is 35.5 Å². The lowest BCUT2D eigenvalue weighted by atomic mass is 10.2. The van der Waals surface area contributed by atoms with Gasteiger partial charge in [0.2, 0.25) is 5.91 Å². The Hall–Kier alpha value is -1.85. The van der Waals surface area contributed by atoms with Crippen LogP contribution >= 0.6 is 11.6 Å². The van der Waals surface area contributed by atoms with Crippen LogP contribution in [-0.2, 0) is 4.79 Å². The highest BCUT2D eigenvalue weighted by atomic mass is 35.5. The molecule has 22 heavy (non-hydrogen) atoms. The van der Waals surface area contributed by atoms with E-state index >= 15 is 0 Å². The molecule has 0 bridgehead atoms. The SMILES string of the molecule is O=C(NCCNc1ccnc2cc(Cl)ccc12)[C@@H]1CCCN1. The highest BCUT2D eigenvalue weighted by Crippen LogP contribution is 2.24. The first-order chi connectivity index (χ1) is 10.7. The molecule has 1 aromatic carbocycles. The molecule has 1 aliphatic heterocycles. The van der Waals surface area contributed by atoms with E-state index in [0.29, 0.717) is 18.1 Å². The number of fused-ring (bicyclic) bond motifs is 1. The molecule has 2 aromatic rings. The molecule has 0 radical (unpaired) electrons. The fourth-order valence-electron chi connectivity index (χ4n) is 2.69. The topological polar surface area (TPSA) is 66.0 Å². The van der Waals surface area contributed by atoms with Crippen molar-refractivity contribution in [3.63, 3.8) is 0 Å². The highest BCUT2D eigenvalue weighted by molar-refractivity contribution is 6.31. The van der Waals surface area contributed by atoms with Crippen LogP contribution in [0.1, 0.15) is 12.8 Å². The predicted molar refractivity (Wildman–Crippen MR) is 89.3 cm³/mol. The molecule has 1 saturated heterocycles. The summed E-state index contributed by atoms with van der Waals surface area (Å²) in [6.45, 7) is 2.19. The van der Waals surface area contributed by atoms with E-state index in [-0.39, 0.29) is 11.9 Å². The molecular formula is C16H19ClN4O. The summed E-state index contributed by atoms with van der Waals surface area (Å²) < 4.78 is 0. The molecule has 1 aromatic heterocycles. The van der Waals surface area contributed by atoms with Crippen LogP contribution in [0.25, 0.3) is 10.9 Å². The van der Waals surface area contributed by atoms with Crippen molar-refractivity contribution in [3.8, 4) is 0 Å². The standard InChI is InChI=1S/C16H19ClN4O/c17-11-3-4-12-13(5-7-19-15(12)10-11)20-8-9-21-16(22)14-2-1-6-18-14/h3-5,7,10,14,18H,1-2,6,8-9H2,(H,19,20)(H,21,22)/t14-/m0/s1. The van der Waals surface area contributed by atoms with Gasteiger partial charge in [-0.3, -0.25) is 9.78 Å². The number of carbonyl (C=O) groups is 1. The summed E-state index contributed by atoms with van der Waals surface area (Å²) in [4.78, 5) is 16.2. The molecule has 0 aliphatic carbocycles. The van der Waals surface area contributed by atoms with E-state index in [9.17, 15) is 4.79 Å². The Labute approximate surface area is 134 Å². The average molecular weight is 319 g/mol.